The first kappa shape index (κ1) is 16.9. The summed E-state index contributed by atoms with van der Waals surface area (Å²) < 4.78 is 12.9. The summed E-state index contributed by atoms with van der Waals surface area (Å²) in [6.07, 6.45) is 7.29. The highest BCUT2D eigenvalue weighted by atomic mass is 19.1. The van der Waals surface area contributed by atoms with Crippen molar-refractivity contribution in [2.45, 2.75) is 57.5 Å². The van der Waals surface area contributed by atoms with Gasteiger partial charge in [-0.1, -0.05) is 37.8 Å². The van der Waals surface area contributed by atoms with Crippen molar-refractivity contribution >= 4 is 11.8 Å². The molecule has 1 aliphatic carbocycles. The van der Waals surface area contributed by atoms with Crippen LogP contribution in [0.25, 0.3) is 0 Å². The molecule has 2 fully saturated rings. The van der Waals surface area contributed by atoms with Crippen molar-refractivity contribution in [3.63, 3.8) is 0 Å². The fourth-order valence-corrected chi connectivity index (χ4v) is 3.77. The molecular weight excluding hydrogens is 307 g/mol. The topological polar surface area (TPSA) is 49.4 Å². The molecule has 3 rings (SSSR count). The van der Waals surface area contributed by atoms with Crippen LogP contribution in [0.5, 0.6) is 0 Å². The summed E-state index contributed by atoms with van der Waals surface area (Å²) in [6.45, 7) is 0.909. The van der Waals surface area contributed by atoms with Gasteiger partial charge >= 0.3 is 0 Å². The molecule has 2 amide bonds. The Morgan fingerprint density at radius 3 is 2.46 bits per heavy atom. The van der Waals surface area contributed by atoms with E-state index in [1.807, 2.05) is 4.90 Å². The summed E-state index contributed by atoms with van der Waals surface area (Å²) in [5.74, 6) is -0.515. The monoisotopic (exact) mass is 332 g/mol. The van der Waals surface area contributed by atoms with Crippen LogP contribution in [0.15, 0.2) is 24.3 Å². The van der Waals surface area contributed by atoms with Crippen molar-refractivity contribution in [1.82, 2.24) is 10.2 Å². The number of benzene rings is 1. The van der Waals surface area contributed by atoms with E-state index in [0.29, 0.717) is 25.6 Å². The van der Waals surface area contributed by atoms with Crippen molar-refractivity contribution in [3.05, 3.63) is 35.6 Å². The molecule has 1 aromatic rings. The average Bonchev–Trinajstić information content (AvgIpc) is 2.80. The number of halogens is 1. The number of nitrogens with zero attached hydrogens (tertiary/aromatic N) is 1. The van der Waals surface area contributed by atoms with Crippen LogP contribution < -0.4 is 5.32 Å². The second kappa shape index (κ2) is 7.77. The molecule has 0 spiro atoms. The van der Waals surface area contributed by atoms with Crippen LogP contribution in [-0.2, 0) is 16.1 Å². The Kier molecular flexibility index (Phi) is 5.48. The van der Waals surface area contributed by atoms with Gasteiger partial charge in [-0.3, -0.25) is 9.59 Å². The molecule has 0 radical (unpaired) electrons. The van der Waals surface area contributed by atoms with Gasteiger partial charge in [0.25, 0.3) is 0 Å². The Morgan fingerprint density at radius 2 is 1.79 bits per heavy atom. The fourth-order valence-electron chi connectivity index (χ4n) is 3.77. The molecule has 0 unspecified atom stereocenters. The van der Waals surface area contributed by atoms with Gasteiger partial charge in [0.1, 0.15) is 5.82 Å². The predicted octanol–water partition coefficient (Wildman–Crippen LogP) is 3.01. The average molecular weight is 332 g/mol. The van der Waals surface area contributed by atoms with E-state index in [9.17, 15) is 14.0 Å². The molecule has 2 aliphatic rings. The molecule has 1 heterocycles. The zero-order valence-corrected chi connectivity index (χ0v) is 14.0. The van der Waals surface area contributed by atoms with E-state index in [0.717, 1.165) is 18.4 Å². The van der Waals surface area contributed by atoms with Crippen molar-refractivity contribution in [3.8, 4) is 0 Å². The van der Waals surface area contributed by atoms with Crippen molar-refractivity contribution in [1.29, 1.82) is 0 Å². The minimum absolute atomic E-state index is 0.0798. The molecule has 0 aromatic heterocycles. The predicted molar refractivity (Wildman–Crippen MR) is 89.6 cm³/mol. The Balaban J connectivity index is 1.52. The summed E-state index contributed by atoms with van der Waals surface area (Å²) in [4.78, 5) is 26.6. The highest BCUT2D eigenvalue weighted by Gasteiger charge is 2.37. The first-order valence-corrected chi connectivity index (χ1v) is 8.95. The third-order valence-electron chi connectivity index (χ3n) is 5.17. The first-order chi connectivity index (χ1) is 11.6. The van der Waals surface area contributed by atoms with E-state index in [1.54, 1.807) is 12.1 Å². The molecule has 1 saturated carbocycles. The van der Waals surface area contributed by atoms with E-state index < -0.39 is 0 Å². The van der Waals surface area contributed by atoms with Gasteiger partial charge in [0, 0.05) is 25.6 Å². The molecule has 130 valence electrons. The number of carbonyl (C=O) groups excluding carboxylic acids is 2. The molecule has 4 nitrogen and oxygen atoms in total. The Hall–Kier alpha value is -1.91. The molecular formula is C19H25FN2O2. The minimum Gasteiger partial charge on any atom is -0.352 e. The van der Waals surface area contributed by atoms with Gasteiger partial charge in [0.2, 0.25) is 11.8 Å². The normalized spacial score (nSPS) is 22.5. The zero-order valence-electron chi connectivity index (χ0n) is 14.0. The van der Waals surface area contributed by atoms with Gasteiger partial charge in [-0.25, -0.2) is 4.39 Å². The van der Waals surface area contributed by atoms with Crippen molar-refractivity contribution in [2.24, 2.45) is 5.92 Å². The van der Waals surface area contributed by atoms with Gasteiger partial charge in [-0.2, -0.15) is 0 Å². The van der Waals surface area contributed by atoms with Crippen molar-refractivity contribution in [2.75, 3.05) is 6.54 Å². The van der Waals surface area contributed by atoms with Crippen LogP contribution in [-0.4, -0.2) is 29.3 Å². The van der Waals surface area contributed by atoms with Crippen molar-refractivity contribution < 1.29 is 14.0 Å². The van der Waals surface area contributed by atoms with Gasteiger partial charge in [-0.15, -0.1) is 0 Å². The van der Waals surface area contributed by atoms with E-state index in [1.165, 1.54) is 37.8 Å². The maximum Gasteiger partial charge on any atom is 0.225 e. The van der Waals surface area contributed by atoms with E-state index in [4.69, 9.17) is 0 Å². The lowest BCUT2D eigenvalue weighted by molar-refractivity contribution is -0.130. The standard InChI is InChI=1S/C19H25FN2O2/c20-16-9-7-14(8-10-16)12-21-19(24)15-11-18(23)22(13-15)17-5-3-1-2-4-6-17/h7-10,15,17H,1-6,11-13H2,(H,21,24)/t15-/m0/s1. The fraction of sp³-hybridized carbons (Fsp3) is 0.579. The van der Waals surface area contributed by atoms with E-state index in [-0.39, 0.29) is 23.5 Å². The number of hydrogen-bond acceptors (Lipinski definition) is 2. The van der Waals surface area contributed by atoms with Gasteiger partial charge < -0.3 is 10.2 Å². The van der Waals surface area contributed by atoms with Crippen LogP contribution >= 0.6 is 0 Å². The summed E-state index contributed by atoms with van der Waals surface area (Å²) in [7, 11) is 0. The molecule has 0 bridgehead atoms. The minimum atomic E-state index is -0.287. The van der Waals surface area contributed by atoms with Gasteiger partial charge in [0.15, 0.2) is 0 Å². The number of carbonyl (C=O) groups is 2. The van der Waals surface area contributed by atoms with Crippen LogP contribution in [0.3, 0.4) is 0 Å². The lowest BCUT2D eigenvalue weighted by Gasteiger charge is -2.27. The van der Waals surface area contributed by atoms with Gasteiger partial charge in [0.05, 0.1) is 5.92 Å². The molecule has 24 heavy (non-hydrogen) atoms. The Morgan fingerprint density at radius 1 is 1.12 bits per heavy atom. The maximum absolute atomic E-state index is 12.9. The van der Waals surface area contributed by atoms with Crippen LogP contribution in [0.2, 0.25) is 0 Å². The number of amides is 2. The number of hydrogen-bond donors (Lipinski definition) is 1. The number of nitrogens with one attached hydrogen (secondary N) is 1. The lowest BCUT2D eigenvalue weighted by atomic mass is 10.1. The summed E-state index contributed by atoms with van der Waals surface area (Å²) in [5, 5.41) is 2.88. The van der Waals surface area contributed by atoms with E-state index in [2.05, 4.69) is 5.32 Å². The van der Waals surface area contributed by atoms with Crippen LogP contribution in [0.1, 0.15) is 50.5 Å². The highest BCUT2D eigenvalue weighted by Crippen LogP contribution is 2.28. The molecule has 1 aromatic carbocycles. The maximum atomic E-state index is 12.9. The number of likely N-dealkylation sites (tertiary alicyclic amines) is 1. The summed E-state index contributed by atoms with van der Waals surface area (Å²) >= 11 is 0. The molecule has 1 aliphatic heterocycles. The molecule has 1 N–H and O–H groups in total. The largest absolute Gasteiger partial charge is 0.352 e. The molecule has 5 heteroatoms. The molecule has 1 saturated heterocycles. The first-order valence-electron chi connectivity index (χ1n) is 8.95. The zero-order chi connectivity index (χ0) is 16.9. The number of rotatable bonds is 4. The molecule has 1 atom stereocenters. The third kappa shape index (κ3) is 4.13. The Bertz CT molecular complexity index is 580. The van der Waals surface area contributed by atoms with Gasteiger partial charge in [-0.05, 0) is 30.5 Å². The summed E-state index contributed by atoms with van der Waals surface area (Å²) in [5.41, 5.74) is 0.856. The lowest BCUT2D eigenvalue weighted by Crippen LogP contribution is -2.38. The van der Waals surface area contributed by atoms with Crippen LogP contribution in [0, 0.1) is 11.7 Å². The smallest absolute Gasteiger partial charge is 0.225 e. The van der Waals surface area contributed by atoms with Crippen LogP contribution in [0.4, 0.5) is 4.39 Å². The highest BCUT2D eigenvalue weighted by molar-refractivity contribution is 5.89. The second-order valence-electron chi connectivity index (χ2n) is 6.94. The van der Waals surface area contributed by atoms with E-state index >= 15 is 0 Å². The SMILES string of the molecule is O=C(NCc1ccc(F)cc1)[C@H]1CC(=O)N(C2CCCCCC2)C1. The Labute approximate surface area is 142 Å². The summed E-state index contributed by atoms with van der Waals surface area (Å²) in [6, 6.07) is 6.40. The second-order valence-corrected chi connectivity index (χ2v) is 6.94. The third-order valence-corrected chi connectivity index (χ3v) is 5.17. The quantitative estimate of drug-likeness (QED) is 0.862.